The summed E-state index contributed by atoms with van der Waals surface area (Å²) < 4.78 is 0. The topological polar surface area (TPSA) is 38.0 Å². The van der Waals surface area contributed by atoms with Crippen LogP contribution in [-0.4, -0.2) is 0 Å². The Morgan fingerprint density at radius 1 is 1.35 bits per heavy atom. The molecule has 0 aliphatic heterocycles. The van der Waals surface area contributed by atoms with Crippen LogP contribution in [0.2, 0.25) is 0 Å². The van der Waals surface area contributed by atoms with Crippen LogP contribution < -0.4 is 11.3 Å². The summed E-state index contributed by atoms with van der Waals surface area (Å²) in [6.07, 6.45) is 3.63. The van der Waals surface area contributed by atoms with Crippen LogP contribution in [0, 0.1) is 11.3 Å². The van der Waals surface area contributed by atoms with E-state index in [1.807, 2.05) is 0 Å². The van der Waals surface area contributed by atoms with Crippen LogP contribution in [-0.2, 0) is 6.42 Å². The summed E-state index contributed by atoms with van der Waals surface area (Å²) in [6, 6.07) is 9.23. The molecule has 1 aromatic rings. The Hall–Kier alpha value is -0.860. The fourth-order valence-corrected chi connectivity index (χ4v) is 2.70. The zero-order chi connectivity index (χ0) is 12.5. The number of rotatable bonds is 5. The molecule has 2 heteroatoms. The molecule has 0 spiro atoms. The number of nitrogens with one attached hydrogen (secondary N) is 1. The molecule has 0 heterocycles. The van der Waals surface area contributed by atoms with Crippen LogP contribution in [0.15, 0.2) is 24.3 Å². The van der Waals surface area contributed by atoms with E-state index in [2.05, 4.69) is 50.5 Å². The summed E-state index contributed by atoms with van der Waals surface area (Å²) in [4.78, 5) is 0. The molecule has 0 bridgehead atoms. The molecule has 0 radical (unpaired) electrons. The van der Waals surface area contributed by atoms with Crippen LogP contribution in [0.4, 0.5) is 0 Å². The third kappa shape index (κ3) is 2.70. The van der Waals surface area contributed by atoms with Crippen molar-refractivity contribution in [3.8, 4) is 0 Å². The van der Waals surface area contributed by atoms with E-state index >= 15 is 0 Å². The van der Waals surface area contributed by atoms with Gasteiger partial charge in [0.25, 0.3) is 0 Å². The number of hydrogen-bond acceptors (Lipinski definition) is 2. The predicted octanol–water partition coefficient (Wildman–Crippen LogP) is 3.19. The van der Waals surface area contributed by atoms with E-state index in [0.29, 0.717) is 17.4 Å². The smallest absolute Gasteiger partial charge is 0.0493 e. The van der Waals surface area contributed by atoms with Gasteiger partial charge in [-0.05, 0) is 35.3 Å². The van der Waals surface area contributed by atoms with Crippen LogP contribution in [0.5, 0.6) is 0 Å². The minimum atomic E-state index is 0.306. The maximum Gasteiger partial charge on any atom is 0.0493 e. The van der Waals surface area contributed by atoms with Crippen molar-refractivity contribution in [1.29, 1.82) is 0 Å². The lowest BCUT2D eigenvalue weighted by atomic mass is 9.96. The van der Waals surface area contributed by atoms with E-state index in [4.69, 9.17) is 5.84 Å². The molecule has 2 unspecified atom stereocenters. The number of hydrazine groups is 1. The van der Waals surface area contributed by atoms with Gasteiger partial charge >= 0.3 is 0 Å². The standard InChI is InChI=1S/C15H24N2/c1-4-5-11-6-8-12(9-7-11)14(17-16)13-10-15(13,2)3/h6-9,13-14,17H,4-5,10,16H2,1-3H3. The molecule has 1 aliphatic rings. The molecule has 1 aliphatic carbocycles. The molecule has 2 nitrogen and oxygen atoms in total. The molecule has 0 saturated heterocycles. The average Bonchev–Trinajstić information content (AvgIpc) is 2.91. The molecule has 0 aromatic heterocycles. The van der Waals surface area contributed by atoms with Gasteiger partial charge in [-0.25, -0.2) is 0 Å². The predicted molar refractivity (Wildman–Crippen MR) is 72.4 cm³/mol. The zero-order valence-electron chi connectivity index (χ0n) is 11.2. The van der Waals surface area contributed by atoms with E-state index in [1.165, 1.54) is 24.0 Å². The summed E-state index contributed by atoms with van der Waals surface area (Å²) in [7, 11) is 0. The lowest BCUT2D eigenvalue weighted by molar-refractivity contribution is 0.423. The Morgan fingerprint density at radius 3 is 2.35 bits per heavy atom. The Labute approximate surface area is 105 Å². The van der Waals surface area contributed by atoms with Gasteiger partial charge in [0.15, 0.2) is 0 Å². The van der Waals surface area contributed by atoms with Gasteiger partial charge in [0.1, 0.15) is 0 Å². The third-order valence-corrected chi connectivity index (χ3v) is 4.05. The monoisotopic (exact) mass is 232 g/mol. The summed E-state index contributed by atoms with van der Waals surface area (Å²) >= 11 is 0. The first-order valence-electron chi connectivity index (χ1n) is 6.63. The summed E-state index contributed by atoms with van der Waals surface area (Å²) in [5, 5.41) is 0. The average molecular weight is 232 g/mol. The number of nitrogens with two attached hydrogens (primary N) is 1. The summed E-state index contributed by atoms with van der Waals surface area (Å²) in [5.74, 6) is 6.38. The van der Waals surface area contributed by atoms with Gasteiger partial charge in [-0.15, -0.1) is 0 Å². The van der Waals surface area contributed by atoms with E-state index in [9.17, 15) is 0 Å². The first kappa shape index (κ1) is 12.6. The van der Waals surface area contributed by atoms with Crippen molar-refractivity contribution in [2.45, 2.75) is 46.1 Å². The first-order valence-corrected chi connectivity index (χ1v) is 6.63. The van der Waals surface area contributed by atoms with Gasteiger partial charge in [-0.1, -0.05) is 51.5 Å². The second-order valence-corrected chi connectivity index (χ2v) is 5.94. The van der Waals surface area contributed by atoms with Gasteiger partial charge in [-0.3, -0.25) is 11.3 Å². The molecule has 17 heavy (non-hydrogen) atoms. The maximum atomic E-state index is 5.71. The Balaban J connectivity index is 2.10. The highest BCUT2D eigenvalue weighted by atomic mass is 15.2. The minimum absolute atomic E-state index is 0.306. The van der Waals surface area contributed by atoms with Crippen LogP contribution in [0.25, 0.3) is 0 Å². The molecule has 2 atom stereocenters. The number of hydrogen-bond donors (Lipinski definition) is 2. The largest absolute Gasteiger partial charge is 0.271 e. The molecule has 94 valence electrons. The number of aryl methyl sites for hydroxylation is 1. The van der Waals surface area contributed by atoms with E-state index in [-0.39, 0.29) is 0 Å². The molecule has 1 fully saturated rings. The van der Waals surface area contributed by atoms with Crippen LogP contribution in [0.3, 0.4) is 0 Å². The van der Waals surface area contributed by atoms with Crippen molar-refractivity contribution >= 4 is 0 Å². The van der Waals surface area contributed by atoms with Gasteiger partial charge in [0, 0.05) is 6.04 Å². The summed E-state index contributed by atoms with van der Waals surface area (Å²) in [6.45, 7) is 6.84. The van der Waals surface area contributed by atoms with Crippen molar-refractivity contribution in [2.24, 2.45) is 17.2 Å². The molecule has 1 saturated carbocycles. The van der Waals surface area contributed by atoms with E-state index < -0.39 is 0 Å². The van der Waals surface area contributed by atoms with Gasteiger partial charge in [0.2, 0.25) is 0 Å². The molecule has 1 aromatic carbocycles. The van der Waals surface area contributed by atoms with Crippen LogP contribution >= 0.6 is 0 Å². The Kier molecular flexibility index (Phi) is 3.55. The second-order valence-electron chi connectivity index (χ2n) is 5.94. The maximum absolute atomic E-state index is 5.71. The Morgan fingerprint density at radius 2 is 1.94 bits per heavy atom. The molecular formula is C15H24N2. The molecule has 0 amide bonds. The lowest BCUT2D eigenvalue weighted by Gasteiger charge is -2.18. The molecule has 3 N–H and O–H groups in total. The fraction of sp³-hybridized carbons (Fsp3) is 0.600. The molecular weight excluding hydrogens is 208 g/mol. The highest BCUT2D eigenvalue weighted by Gasteiger charge is 2.50. The van der Waals surface area contributed by atoms with Crippen LogP contribution in [0.1, 0.15) is 50.8 Å². The minimum Gasteiger partial charge on any atom is -0.271 e. The summed E-state index contributed by atoms with van der Waals surface area (Å²) in [5.41, 5.74) is 6.17. The van der Waals surface area contributed by atoms with Gasteiger partial charge < -0.3 is 0 Å². The Bertz CT molecular complexity index is 367. The van der Waals surface area contributed by atoms with Crippen molar-refractivity contribution in [3.05, 3.63) is 35.4 Å². The highest BCUT2D eigenvalue weighted by molar-refractivity contribution is 5.27. The van der Waals surface area contributed by atoms with E-state index in [1.54, 1.807) is 0 Å². The van der Waals surface area contributed by atoms with Gasteiger partial charge in [-0.2, -0.15) is 0 Å². The fourth-order valence-electron chi connectivity index (χ4n) is 2.70. The van der Waals surface area contributed by atoms with Gasteiger partial charge in [0.05, 0.1) is 0 Å². The van der Waals surface area contributed by atoms with Crippen molar-refractivity contribution in [1.82, 2.24) is 5.43 Å². The SMILES string of the molecule is CCCc1ccc(C(NN)C2CC2(C)C)cc1. The van der Waals surface area contributed by atoms with Crippen molar-refractivity contribution < 1.29 is 0 Å². The normalized spacial score (nSPS) is 23.4. The quantitative estimate of drug-likeness (QED) is 0.604. The second kappa shape index (κ2) is 4.79. The highest BCUT2D eigenvalue weighted by Crippen LogP contribution is 2.57. The zero-order valence-corrected chi connectivity index (χ0v) is 11.2. The molecule has 2 rings (SSSR count). The van der Waals surface area contributed by atoms with Crippen molar-refractivity contribution in [2.75, 3.05) is 0 Å². The van der Waals surface area contributed by atoms with E-state index in [0.717, 1.165) is 6.42 Å². The lowest BCUT2D eigenvalue weighted by Crippen LogP contribution is -2.30. The number of benzene rings is 1. The van der Waals surface area contributed by atoms with Crippen molar-refractivity contribution in [3.63, 3.8) is 0 Å². The third-order valence-electron chi connectivity index (χ3n) is 4.05. The first-order chi connectivity index (χ1) is 8.08.